The molecule has 1 amide bonds. The summed E-state index contributed by atoms with van der Waals surface area (Å²) in [6.07, 6.45) is 0.238. The van der Waals surface area contributed by atoms with Crippen LogP contribution in [0.3, 0.4) is 0 Å². The lowest BCUT2D eigenvalue weighted by atomic mass is 9.99. The Morgan fingerprint density at radius 3 is 2.14 bits per heavy atom. The number of phenols is 1. The van der Waals surface area contributed by atoms with Gasteiger partial charge in [0.2, 0.25) is 0 Å². The van der Waals surface area contributed by atoms with Gasteiger partial charge < -0.3 is 15.2 Å². The highest BCUT2D eigenvalue weighted by molar-refractivity contribution is 6.30. The van der Waals surface area contributed by atoms with Gasteiger partial charge in [-0.3, -0.25) is 4.79 Å². The van der Waals surface area contributed by atoms with Crippen LogP contribution < -0.4 is 5.32 Å². The number of carbonyl (C=O) groups is 2. The number of hydrogen-bond acceptors (Lipinski definition) is 4. The molecule has 0 radical (unpaired) electrons. The second-order valence-electron chi connectivity index (χ2n) is 8.06. The standard InChI is InChI=1S/C29H24ClNO4/c1-35-29(34)26(16-19-10-12-21(13-11-19)20-6-3-2-4-7-20)31-28(33)25-18-23(14-15-27(25)32)22-8-5-9-24(30)17-22/h2-15,17-18,26,32H,16H2,1H3,(H,31,33). The first kappa shape index (κ1) is 24.0. The van der Waals surface area contributed by atoms with E-state index < -0.39 is 17.9 Å². The molecule has 0 saturated heterocycles. The molecule has 4 rings (SSSR count). The molecule has 1 unspecified atom stereocenters. The van der Waals surface area contributed by atoms with Crippen LogP contribution in [0.4, 0.5) is 0 Å². The zero-order valence-corrected chi connectivity index (χ0v) is 19.8. The van der Waals surface area contributed by atoms with E-state index in [0.29, 0.717) is 10.6 Å². The minimum atomic E-state index is -0.927. The fourth-order valence-corrected chi connectivity index (χ4v) is 4.03. The van der Waals surface area contributed by atoms with Crippen molar-refractivity contribution in [3.05, 3.63) is 113 Å². The average molecular weight is 486 g/mol. The minimum absolute atomic E-state index is 0.0517. The van der Waals surface area contributed by atoms with Gasteiger partial charge in [-0.15, -0.1) is 0 Å². The van der Waals surface area contributed by atoms with Crippen LogP contribution in [-0.4, -0.2) is 30.1 Å². The normalized spacial score (nSPS) is 11.5. The molecular formula is C29H24ClNO4. The molecule has 0 aliphatic carbocycles. The number of nitrogens with one attached hydrogen (secondary N) is 1. The second-order valence-corrected chi connectivity index (χ2v) is 8.49. The molecule has 0 aliphatic heterocycles. The number of amides is 1. The molecule has 4 aromatic rings. The Kier molecular flexibility index (Phi) is 7.48. The SMILES string of the molecule is COC(=O)C(Cc1ccc(-c2ccccc2)cc1)NC(=O)c1cc(-c2cccc(Cl)c2)ccc1O. The van der Waals surface area contributed by atoms with Crippen molar-refractivity contribution in [3.8, 4) is 28.0 Å². The van der Waals surface area contributed by atoms with Crippen molar-refractivity contribution in [2.24, 2.45) is 0 Å². The van der Waals surface area contributed by atoms with Crippen molar-refractivity contribution in [2.45, 2.75) is 12.5 Å². The number of benzene rings is 4. The van der Waals surface area contributed by atoms with Crippen LogP contribution >= 0.6 is 11.6 Å². The van der Waals surface area contributed by atoms with Gasteiger partial charge in [-0.25, -0.2) is 4.79 Å². The summed E-state index contributed by atoms with van der Waals surface area (Å²) in [6, 6.07) is 28.7. The van der Waals surface area contributed by atoms with Crippen LogP contribution in [-0.2, 0) is 16.0 Å². The number of rotatable bonds is 7. The summed E-state index contributed by atoms with van der Waals surface area (Å²) in [5.41, 5.74) is 4.56. The highest BCUT2D eigenvalue weighted by atomic mass is 35.5. The van der Waals surface area contributed by atoms with Crippen molar-refractivity contribution in [1.29, 1.82) is 0 Å². The molecule has 5 nitrogen and oxygen atoms in total. The Morgan fingerprint density at radius 2 is 1.46 bits per heavy atom. The molecule has 35 heavy (non-hydrogen) atoms. The fraction of sp³-hybridized carbons (Fsp3) is 0.103. The lowest BCUT2D eigenvalue weighted by molar-refractivity contribution is -0.142. The maximum absolute atomic E-state index is 13.1. The van der Waals surface area contributed by atoms with E-state index >= 15 is 0 Å². The first-order valence-corrected chi connectivity index (χ1v) is 11.4. The topological polar surface area (TPSA) is 75.6 Å². The zero-order chi connectivity index (χ0) is 24.8. The Hall–Kier alpha value is -4.09. The van der Waals surface area contributed by atoms with Gasteiger partial charge in [-0.05, 0) is 52.1 Å². The van der Waals surface area contributed by atoms with E-state index in [1.165, 1.54) is 13.2 Å². The van der Waals surface area contributed by atoms with E-state index in [9.17, 15) is 14.7 Å². The molecule has 0 spiro atoms. The summed E-state index contributed by atoms with van der Waals surface area (Å²) in [5.74, 6) is -1.34. The van der Waals surface area contributed by atoms with Crippen LogP contribution in [0.15, 0.2) is 97.1 Å². The summed E-state index contributed by atoms with van der Waals surface area (Å²) in [5, 5.41) is 13.6. The second kappa shape index (κ2) is 10.9. The molecule has 0 aliphatic rings. The molecule has 0 heterocycles. The predicted octanol–water partition coefficient (Wildman–Crippen LogP) is 5.89. The van der Waals surface area contributed by atoms with Crippen molar-refractivity contribution in [2.75, 3.05) is 7.11 Å². The highest BCUT2D eigenvalue weighted by Crippen LogP contribution is 2.28. The first-order chi connectivity index (χ1) is 16.9. The molecule has 1 atom stereocenters. The van der Waals surface area contributed by atoms with Gasteiger partial charge in [-0.2, -0.15) is 0 Å². The zero-order valence-electron chi connectivity index (χ0n) is 19.1. The third kappa shape index (κ3) is 5.89. The maximum atomic E-state index is 13.1. The van der Waals surface area contributed by atoms with Gasteiger partial charge in [-0.1, -0.05) is 84.4 Å². The lowest BCUT2D eigenvalue weighted by Gasteiger charge is -2.18. The minimum Gasteiger partial charge on any atom is -0.507 e. The van der Waals surface area contributed by atoms with Crippen LogP contribution in [0.2, 0.25) is 5.02 Å². The number of halogens is 1. The lowest BCUT2D eigenvalue weighted by Crippen LogP contribution is -2.43. The van der Waals surface area contributed by atoms with Crippen LogP contribution in [0.5, 0.6) is 5.75 Å². The van der Waals surface area contributed by atoms with E-state index in [-0.39, 0.29) is 17.7 Å². The quantitative estimate of drug-likeness (QED) is 0.320. The van der Waals surface area contributed by atoms with E-state index in [1.54, 1.807) is 30.3 Å². The summed E-state index contributed by atoms with van der Waals surface area (Å²) >= 11 is 6.09. The van der Waals surface area contributed by atoms with E-state index in [2.05, 4.69) is 5.32 Å². The Balaban J connectivity index is 1.54. The Morgan fingerprint density at radius 1 is 0.829 bits per heavy atom. The van der Waals surface area contributed by atoms with Gasteiger partial charge in [0.15, 0.2) is 0 Å². The largest absolute Gasteiger partial charge is 0.507 e. The van der Waals surface area contributed by atoms with Gasteiger partial charge in [0.05, 0.1) is 12.7 Å². The van der Waals surface area contributed by atoms with Gasteiger partial charge in [0, 0.05) is 11.4 Å². The van der Waals surface area contributed by atoms with Crippen LogP contribution in [0.1, 0.15) is 15.9 Å². The number of ether oxygens (including phenoxy) is 1. The third-order valence-electron chi connectivity index (χ3n) is 5.69. The molecule has 176 valence electrons. The van der Waals surface area contributed by atoms with Crippen LogP contribution in [0.25, 0.3) is 22.3 Å². The Labute approximate surface area is 209 Å². The van der Waals surface area contributed by atoms with Crippen molar-refractivity contribution < 1.29 is 19.4 Å². The van der Waals surface area contributed by atoms with Gasteiger partial charge >= 0.3 is 5.97 Å². The van der Waals surface area contributed by atoms with E-state index in [1.807, 2.05) is 60.7 Å². The number of aromatic hydroxyl groups is 1. The summed E-state index contributed by atoms with van der Waals surface area (Å²) < 4.78 is 4.92. The summed E-state index contributed by atoms with van der Waals surface area (Å²) in [4.78, 5) is 25.5. The van der Waals surface area contributed by atoms with E-state index in [0.717, 1.165) is 22.3 Å². The van der Waals surface area contributed by atoms with Gasteiger partial charge in [0.1, 0.15) is 11.8 Å². The third-order valence-corrected chi connectivity index (χ3v) is 5.93. The summed E-state index contributed by atoms with van der Waals surface area (Å²) in [7, 11) is 1.28. The molecular weight excluding hydrogens is 462 g/mol. The molecule has 2 N–H and O–H groups in total. The number of phenolic OH excluding ortho intramolecular Hbond substituents is 1. The Bertz CT molecular complexity index is 1340. The molecule has 6 heteroatoms. The van der Waals surface area contributed by atoms with E-state index in [4.69, 9.17) is 16.3 Å². The average Bonchev–Trinajstić information content (AvgIpc) is 2.89. The number of hydrogen-bond donors (Lipinski definition) is 2. The number of esters is 1. The van der Waals surface area contributed by atoms with Crippen molar-refractivity contribution in [1.82, 2.24) is 5.32 Å². The van der Waals surface area contributed by atoms with Crippen molar-refractivity contribution in [3.63, 3.8) is 0 Å². The number of carbonyl (C=O) groups excluding carboxylic acids is 2. The highest BCUT2D eigenvalue weighted by Gasteiger charge is 2.24. The summed E-state index contributed by atoms with van der Waals surface area (Å²) in [6.45, 7) is 0. The monoisotopic (exact) mass is 485 g/mol. The van der Waals surface area contributed by atoms with Crippen LogP contribution in [0, 0.1) is 0 Å². The number of methoxy groups -OCH3 is 1. The molecule has 0 saturated carbocycles. The fourth-order valence-electron chi connectivity index (χ4n) is 3.84. The molecule has 4 aromatic carbocycles. The smallest absolute Gasteiger partial charge is 0.328 e. The first-order valence-electron chi connectivity index (χ1n) is 11.1. The molecule has 0 aromatic heterocycles. The predicted molar refractivity (Wildman–Crippen MR) is 137 cm³/mol. The van der Waals surface area contributed by atoms with Crippen molar-refractivity contribution >= 4 is 23.5 Å². The van der Waals surface area contributed by atoms with Gasteiger partial charge in [0.25, 0.3) is 5.91 Å². The maximum Gasteiger partial charge on any atom is 0.328 e. The molecule has 0 bridgehead atoms. The molecule has 0 fully saturated rings.